The molecule has 27 heavy (non-hydrogen) atoms. The van der Waals surface area contributed by atoms with Gasteiger partial charge < -0.3 is 10.2 Å². The number of unbranched alkanes of at least 4 members (excludes halogenated alkanes) is 2. The topological polar surface area (TPSA) is 178 Å². The molecule has 164 valence electrons. The lowest BCUT2D eigenvalue weighted by atomic mass is 10.3. The molecule has 0 spiro atoms. The second-order valence-corrected chi connectivity index (χ2v) is 10.9. The van der Waals surface area contributed by atoms with Crippen molar-refractivity contribution in [3.63, 3.8) is 0 Å². The van der Waals surface area contributed by atoms with Crippen molar-refractivity contribution in [3.8, 4) is 0 Å². The molecule has 0 aromatic rings. The van der Waals surface area contributed by atoms with Crippen molar-refractivity contribution in [1.82, 2.24) is 10.2 Å². The van der Waals surface area contributed by atoms with E-state index >= 15 is 0 Å². The summed E-state index contributed by atoms with van der Waals surface area (Å²) in [5.74, 6) is -0.986. The van der Waals surface area contributed by atoms with E-state index in [9.17, 15) is 25.3 Å². The molecule has 0 fully saturated rings. The van der Waals surface area contributed by atoms with Gasteiger partial charge in [-0.1, -0.05) is 0 Å². The van der Waals surface area contributed by atoms with Crippen LogP contribution in [0.1, 0.15) is 32.1 Å². The SMILES string of the molecule is O=S(=O)(O)CCCCNCCN(CCCCS(=O)(=O)O)CCCS(=O)(=O)O. The van der Waals surface area contributed by atoms with Crippen LogP contribution >= 0.6 is 0 Å². The predicted molar refractivity (Wildman–Crippen MR) is 102 cm³/mol. The number of hydrogen-bond donors (Lipinski definition) is 4. The van der Waals surface area contributed by atoms with Gasteiger partial charge in [0.15, 0.2) is 0 Å². The van der Waals surface area contributed by atoms with Gasteiger partial charge in [0, 0.05) is 13.1 Å². The largest absolute Gasteiger partial charge is 0.315 e. The molecule has 0 saturated carbocycles. The molecule has 0 radical (unpaired) electrons. The number of nitrogens with one attached hydrogen (secondary N) is 1. The van der Waals surface area contributed by atoms with E-state index in [0.717, 1.165) is 0 Å². The van der Waals surface area contributed by atoms with Crippen LogP contribution in [-0.4, -0.2) is 93.8 Å². The Hall–Kier alpha value is -0.350. The van der Waals surface area contributed by atoms with Crippen LogP contribution in [0.25, 0.3) is 0 Å². The first kappa shape index (κ1) is 26.6. The van der Waals surface area contributed by atoms with Gasteiger partial charge in [-0.3, -0.25) is 13.7 Å². The third-order valence-corrected chi connectivity index (χ3v) is 6.03. The number of nitrogens with zero attached hydrogens (tertiary/aromatic N) is 1. The van der Waals surface area contributed by atoms with Gasteiger partial charge in [0.2, 0.25) is 0 Å². The standard InChI is InChI=1S/C13H30N2O9S3/c16-25(17,18)11-3-1-6-14-7-10-15(9-5-13-27(22,23)24)8-2-4-12-26(19,20)21/h14H,1-13H2,(H,16,17,18)(H,19,20,21)(H,22,23,24). The summed E-state index contributed by atoms with van der Waals surface area (Å²) >= 11 is 0. The van der Waals surface area contributed by atoms with Crippen molar-refractivity contribution < 1.29 is 38.9 Å². The highest BCUT2D eigenvalue weighted by atomic mass is 32.2. The molecule has 11 nitrogen and oxygen atoms in total. The van der Waals surface area contributed by atoms with Gasteiger partial charge in [0.25, 0.3) is 30.4 Å². The van der Waals surface area contributed by atoms with Gasteiger partial charge in [-0.25, -0.2) is 0 Å². The highest BCUT2D eigenvalue weighted by Gasteiger charge is 2.10. The maximum absolute atomic E-state index is 10.8. The Morgan fingerprint density at radius 2 is 1.00 bits per heavy atom. The number of rotatable bonds is 17. The lowest BCUT2D eigenvalue weighted by molar-refractivity contribution is 0.269. The first-order chi connectivity index (χ1) is 12.3. The molecule has 0 rings (SSSR count). The van der Waals surface area contributed by atoms with Crippen molar-refractivity contribution >= 4 is 30.4 Å². The molecule has 0 unspecified atom stereocenters. The molecule has 0 amide bonds. The van der Waals surface area contributed by atoms with Gasteiger partial charge in [0.05, 0.1) is 17.3 Å². The highest BCUT2D eigenvalue weighted by molar-refractivity contribution is 7.86. The molecule has 0 atom stereocenters. The van der Waals surface area contributed by atoms with Crippen molar-refractivity contribution in [2.45, 2.75) is 32.1 Å². The average Bonchev–Trinajstić information content (AvgIpc) is 2.46. The van der Waals surface area contributed by atoms with E-state index in [1.165, 1.54) is 0 Å². The van der Waals surface area contributed by atoms with E-state index in [1.54, 1.807) is 0 Å². The second-order valence-electron chi connectivity index (χ2n) is 6.22. The van der Waals surface area contributed by atoms with Gasteiger partial charge in [-0.2, -0.15) is 25.3 Å². The Bertz CT molecular complexity index is 705. The summed E-state index contributed by atoms with van der Waals surface area (Å²) < 4.78 is 90.2. The van der Waals surface area contributed by atoms with Crippen LogP contribution in [0.2, 0.25) is 0 Å². The van der Waals surface area contributed by atoms with Crippen molar-refractivity contribution in [2.24, 2.45) is 0 Å². The predicted octanol–water partition coefficient (Wildman–Crippen LogP) is -0.508. The first-order valence-corrected chi connectivity index (χ1v) is 13.4. The quantitative estimate of drug-likeness (QED) is 0.164. The molecule has 0 aromatic heterocycles. The summed E-state index contributed by atoms with van der Waals surface area (Å²) in [4.78, 5) is 1.92. The zero-order valence-electron chi connectivity index (χ0n) is 15.2. The van der Waals surface area contributed by atoms with Crippen molar-refractivity contribution in [2.75, 3.05) is 50.0 Å². The molecule has 4 N–H and O–H groups in total. The highest BCUT2D eigenvalue weighted by Crippen LogP contribution is 2.01. The van der Waals surface area contributed by atoms with E-state index in [-0.39, 0.29) is 30.1 Å². The molecular formula is C13H30N2O9S3. The second kappa shape index (κ2) is 13.0. The lowest BCUT2D eigenvalue weighted by Gasteiger charge is -2.22. The molecular weight excluding hydrogens is 424 g/mol. The summed E-state index contributed by atoms with van der Waals surface area (Å²) in [5.41, 5.74) is 0. The maximum Gasteiger partial charge on any atom is 0.264 e. The number of hydrogen-bond acceptors (Lipinski definition) is 8. The fourth-order valence-corrected chi connectivity index (χ4v) is 3.95. The monoisotopic (exact) mass is 454 g/mol. The summed E-state index contributed by atoms with van der Waals surface area (Å²) in [6.07, 6.45) is 1.90. The molecule has 0 aliphatic rings. The van der Waals surface area contributed by atoms with Crippen LogP contribution in [0.5, 0.6) is 0 Å². The van der Waals surface area contributed by atoms with Crippen LogP contribution in [-0.2, 0) is 30.4 Å². The zero-order valence-corrected chi connectivity index (χ0v) is 17.6. The van der Waals surface area contributed by atoms with E-state index in [0.29, 0.717) is 52.0 Å². The van der Waals surface area contributed by atoms with E-state index < -0.39 is 30.4 Å². The van der Waals surface area contributed by atoms with E-state index in [4.69, 9.17) is 13.7 Å². The lowest BCUT2D eigenvalue weighted by Crippen LogP contribution is -2.35. The summed E-state index contributed by atoms with van der Waals surface area (Å²) in [5, 5.41) is 3.10. The Morgan fingerprint density at radius 3 is 1.52 bits per heavy atom. The molecule has 0 aromatic carbocycles. The first-order valence-electron chi connectivity index (χ1n) is 8.57. The van der Waals surface area contributed by atoms with Gasteiger partial charge in [0.1, 0.15) is 0 Å². The molecule has 0 bridgehead atoms. The Labute approximate surface area is 161 Å². The Kier molecular flexibility index (Phi) is 12.8. The molecule has 0 aliphatic heterocycles. The minimum Gasteiger partial charge on any atom is -0.315 e. The van der Waals surface area contributed by atoms with E-state index in [2.05, 4.69) is 5.32 Å². The summed E-state index contributed by atoms with van der Waals surface area (Å²) in [7, 11) is -12.0. The van der Waals surface area contributed by atoms with Crippen LogP contribution in [0.15, 0.2) is 0 Å². The minimum atomic E-state index is -4.04. The summed E-state index contributed by atoms with van der Waals surface area (Å²) in [6, 6.07) is 0. The third kappa shape index (κ3) is 21.8. The Morgan fingerprint density at radius 1 is 0.556 bits per heavy atom. The minimum absolute atomic E-state index is 0.228. The fraction of sp³-hybridized carbons (Fsp3) is 1.00. The van der Waals surface area contributed by atoms with E-state index in [1.807, 2.05) is 4.90 Å². The van der Waals surface area contributed by atoms with Crippen LogP contribution < -0.4 is 5.32 Å². The fourth-order valence-electron chi connectivity index (χ4n) is 2.32. The Balaban J connectivity index is 4.12. The molecule has 0 aliphatic carbocycles. The van der Waals surface area contributed by atoms with Gasteiger partial charge in [-0.15, -0.1) is 0 Å². The van der Waals surface area contributed by atoms with Gasteiger partial charge >= 0.3 is 0 Å². The van der Waals surface area contributed by atoms with Crippen molar-refractivity contribution in [3.05, 3.63) is 0 Å². The molecule has 0 saturated heterocycles. The molecule has 0 heterocycles. The van der Waals surface area contributed by atoms with Crippen molar-refractivity contribution in [1.29, 1.82) is 0 Å². The van der Waals surface area contributed by atoms with Crippen LogP contribution in [0, 0.1) is 0 Å². The van der Waals surface area contributed by atoms with Gasteiger partial charge in [-0.05, 0) is 51.7 Å². The average molecular weight is 455 g/mol. The normalized spacial score (nSPS) is 13.3. The molecule has 14 heteroatoms. The summed E-state index contributed by atoms with van der Waals surface area (Å²) in [6.45, 7) is 2.56. The smallest absolute Gasteiger partial charge is 0.264 e. The maximum atomic E-state index is 10.8. The third-order valence-electron chi connectivity index (χ3n) is 3.61. The zero-order chi connectivity index (χ0) is 21.0. The van der Waals surface area contributed by atoms with Crippen LogP contribution in [0.4, 0.5) is 0 Å². The van der Waals surface area contributed by atoms with Crippen LogP contribution in [0.3, 0.4) is 0 Å².